The minimum absolute atomic E-state index is 0.385. The van der Waals surface area contributed by atoms with Gasteiger partial charge in [-0.3, -0.25) is 10.1 Å². The molecule has 0 bridgehead atoms. The van der Waals surface area contributed by atoms with E-state index >= 15 is 0 Å². The lowest BCUT2D eigenvalue weighted by atomic mass is 9.96. The number of nitrogens with one attached hydrogen (secondary N) is 1. The van der Waals surface area contributed by atoms with Gasteiger partial charge in [0.15, 0.2) is 0 Å². The van der Waals surface area contributed by atoms with Crippen LogP contribution in [0.1, 0.15) is 39.0 Å². The summed E-state index contributed by atoms with van der Waals surface area (Å²) in [5.74, 6) is -0.777. The van der Waals surface area contributed by atoms with Crippen molar-refractivity contribution in [3.63, 3.8) is 0 Å². The molecule has 1 aliphatic rings. The normalized spacial score (nSPS) is 17.6. The zero-order valence-corrected chi connectivity index (χ0v) is 13.2. The van der Waals surface area contributed by atoms with Gasteiger partial charge in [-0.1, -0.05) is 0 Å². The summed E-state index contributed by atoms with van der Waals surface area (Å²) < 4.78 is 15.7. The van der Waals surface area contributed by atoms with E-state index in [9.17, 15) is 9.90 Å². The van der Waals surface area contributed by atoms with E-state index in [-0.39, 0.29) is 0 Å². The molecular weight excluding hydrogens is 274 g/mol. The van der Waals surface area contributed by atoms with Gasteiger partial charge in [-0.05, 0) is 39.0 Å². The number of methoxy groups -OCH3 is 1. The first-order valence-electron chi connectivity index (χ1n) is 7.74. The third-order valence-electron chi connectivity index (χ3n) is 3.55. The van der Waals surface area contributed by atoms with Crippen LogP contribution in [0.25, 0.3) is 0 Å². The van der Waals surface area contributed by atoms with Crippen molar-refractivity contribution in [3.8, 4) is 0 Å². The second kappa shape index (κ2) is 10.1. The molecule has 1 fully saturated rings. The van der Waals surface area contributed by atoms with Crippen molar-refractivity contribution in [2.45, 2.75) is 50.6 Å². The Kier molecular flexibility index (Phi) is 8.84. The van der Waals surface area contributed by atoms with Gasteiger partial charge in [0.25, 0.3) is 0 Å². The summed E-state index contributed by atoms with van der Waals surface area (Å²) in [7, 11) is 1.65. The SMILES string of the molecule is COCCOCCCOCCCC(C)(NC1CC1)C(=O)O. The monoisotopic (exact) mass is 303 g/mol. The highest BCUT2D eigenvalue weighted by atomic mass is 16.5. The van der Waals surface area contributed by atoms with Crippen molar-refractivity contribution in [2.24, 2.45) is 0 Å². The summed E-state index contributed by atoms with van der Waals surface area (Å²) in [6.07, 6.45) is 4.35. The van der Waals surface area contributed by atoms with E-state index in [4.69, 9.17) is 14.2 Å². The summed E-state index contributed by atoms with van der Waals surface area (Å²) >= 11 is 0. The second-order valence-electron chi connectivity index (χ2n) is 5.73. The smallest absolute Gasteiger partial charge is 0.323 e. The predicted octanol–water partition coefficient (Wildman–Crippen LogP) is 1.43. The fourth-order valence-electron chi connectivity index (χ4n) is 2.06. The van der Waals surface area contributed by atoms with E-state index in [2.05, 4.69) is 5.32 Å². The number of carbonyl (C=O) groups is 1. The lowest BCUT2D eigenvalue weighted by Gasteiger charge is -2.26. The first-order valence-corrected chi connectivity index (χ1v) is 7.74. The molecule has 0 heterocycles. The number of ether oxygens (including phenoxy) is 3. The van der Waals surface area contributed by atoms with Crippen LogP contribution in [-0.2, 0) is 19.0 Å². The maximum atomic E-state index is 11.3. The average molecular weight is 303 g/mol. The summed E-state index contributed by atoms with van der Waals surface area (Å²) in [4.78, 5) is 11.3. The molecule has 2 N–H and O–H groups in total. The van der Waals surface area contributed by atoms with E-state index in [0.29, 0.717) is 45.5 Å². The van der Waals surface area contributed by atoms with Crippen LogP contribution in [-0.4, -0.2) is 62.8 Å². The molecule has 21 heavy (non-hydrogen) atoms. The Bertz CT molecular complexity index is 296. The van der Waals surface area contributed by atoms with Gasteiger partial charge < -0.3 is 19.3 Å². The molecule has 0 aromatic carbocycles. The first-order chi connectivity index (χ1) is 10.1. The highest BCUT2D eigenvalue weighted by Gasteiger charge is 2.37. The molecule has 1 saturated carbocycles. The zero-order valence-electron chi connectivity index (χ0n) is 13.2. The Balaban J connectivity index is 1.97. The highest BCUT2D eigenvalue weighted by Crippen LogP contribution is 2.25. The van der Waals surface area contributed by atoms with Gasteiger partial charge in [0.2, 0.25) is 0 Å². The molecule has 0 spiro atoms. The molecule has 6 nitrogen and oxygen atoms in total. The van der Waals surface area contributed by atoms with Gasteiger partial charge in [0, 0.05) is 33.0 Å². The minimum atomic E-state index is -0.826. The van der Waals surface area contributed by atoms with Crippen molar-refractivity contribution >= 4 is 5.97 Å². The van der Waals surface area contributed by atoms with Gasteiger partial charge in [-0.2, -0.15) is 0 Å². The molecular formula is C15H29NO5. The fourth-order valence-corrected chi connectivity index (χ4v) is 2.06. The fraction of sp³-hybridized carbons (Fsp3) is 0.933. The number of carboxylic acids is 1. The molecule has 124 valence electrons. The maximum Gasteiger partial charge on any atom is 0.323 e. The molecule has 0 saturated heterocycles. The van der Waals surface area contributed by atoms with Crippen LogP contribution in [0.5, 0.6) is 0 Å². The standard InChI is InChI=1S/C15H29NO5/c1-15(14(17)18,16-13-5-6-13)7-3-8-20-9-4-10-21-12-11-19-2/h13,16H,3-12H2,1-2H3,(H,17,18). The van der Waals surface area contributed by atoms with Crippen LogP contribution in [0.4, 0.5) is 0 Å². The lowest BCUT2D eigenvalue weighted by molar-refractivity contribution is -0.144. The van der Waals surface area contributed by atoms with Gasteiger partial charge in [-0.25, -0.2) is 0 Å². The van der Waals surface area contributed by atoms with Crippen LogP contribution in [0.15, 0.2) is 0 Å². The third kappa shape index (κ3) is 8.36. The summed E-state index contributed by atoms with van der Waals surface area (Å²) in [5, 5.41) is 12.5. The molecule has 0 radical (unpaired) electrons. The van der Waals surface area contributed by atoms with Gasteiger partial charge in [0.05, 0.1) is 13.2 Å². The topological polar surface area (TPSA) is 77.0 Å². The lowest BCUT2D eigenvalue weighted by Crippen LogP contribution is -2.50. The highest BCUT2D eigenvalue weighted by molar-refractivity contribution is 5.78. The molecule has 0 aliphatic heterocycles. The molecule has 0 aromatic rings. The Labute approximate surface area is 127 Å². The van der Waals surface area contributed by atoms with Crippen molar-refractivity contribution in [3.05, 3.63) is 0 Å². The Morgan fingerprint density at radius 2 is 1.76 bits per heavy atom. The molecule has 0 amide bonds. The Hall–Kier alpha value is -0.690. The maximum absolute atomic E-state index is 11.3. The van der Waals surface area contributed by atoms with Crippen LogP contribution in [0, 0.1) is 0 Å². The van der Waals surface area contributed by atoms with E-state index in [1.165, 1.54) is 0 Å². The predicted molar refractivity (Wildman–Crippen MR) is 79.6 cm³/mol. The molecule has 6 heteroatoms. The summed E-state index contributed by atoms with van der Waals surface area (Å²) in [6, 6.07) is 0.385. The zero-order chi connectivity index (χ0) is 15.6. The number of aliphatic carboxylic acids is 1. The summed E-state index contributed by atoms with van der Waals surface area (Å²) in [5.41, 5.74) is -0.826. The van der Waals surface area contributed by atoms with E-state index in [0.717, 1.165) is 25.7 Å². The van der Waals surface area contributed by atoms with E-state index < -0.39 is 11.5 Å². The van der Waals surface area contributed by atoms with Gasteiger partial charge in [-0.15, -0.1) is 0 Å². The van der Waals surface area contributed by atoms with Crippen molar-refractivity contribution < 1.29 is 24.1 Å². The molecule has 1 aliphatic carbocycles. The Morgan fingerprint density at radius 3 is 2.33 bits per heavy atom. The van der Waals surface area contributed by atoms with Crippen LogP contribution in [0.2, 0.25) is 0 Å². The average Bonchev–Trinajstić information content (AvgIpc) is 3.24. The largest absolute Gasteiger partial charge is 0.480 e. The molecule has 1 unspecified atom stereocenters. The van der Waals surface area contributed by atoms with E-state index in [1.807, 2.05) is 0 Å². The first kappa shape index (κ1) is 18.4. The van der Waals surface area contributed by atoms with Gasteiger partial charge >= 0.3 is 5.97 Å². The second-order valence-corrected chi connectivity index (χ2v) is 5.73. The number of carboxylic acid groups (broad SMARTS) is 1. The molecule has 1 atom stereocenters. The van der Waals surface area contributed by atoms with Crippen LogP contribution >= 0.6 is 0 Å². The van der Waals surface area contributed by atoms with Crippen molar-refractivity contribution in [1.29, 1.82) is 0 Å². The molecule has 0 aromatic heterocycles. The van der Waals surface area contributed by atoms with Gasteiger partial charge in [0.1, 0.15) is 5.54 Å². The van der Waals surface area contributed by atoms with Crippen LogP contribution < -0.4 is 5.32 Å². The third-order valence-corrected chi connectivity index (χ3v) is 3.55. The van der Waals surface area contributed by atoms with Crippen molar-refractivity contribution in [1.82, 2.24) is 5.32 Å². The number of rotatable bonds is 14. The minimum Gasteiger partial charge on any atom is -0.480 e. The van der Waals surface area contributed by atoms with E-state index in [1.54, 1.807) is 14.0 Å². The quantitative estimate of drug-likeness (QED) is 0.473. The molecule has 1 rings (SSSR count). The number of hydrogen-bond acceptors (Lipinski definition) is 5. The Morgan fingerprint density at radius 1 is 1.14 bits per heavy atom. The van der Waals surface area contributed by atoms with Crippen molar-refractivity contribution in [2.75, 3.05) is 40.1 Å². The van der Waals surface area contributed by atoms with Crippen LogP contribution in [0.3, 0.4) is 0 Å². The summed E-state index contributed by atoms with van der Waals surface area (Å²) in [6.45, 7) is 4.89. The number of hydrogen-bond donors (Lipinski definition) is 2.